The minimum Gasteiger partial charge on any atom is -0.490 e. The molecule has 5 atom stereocenters. The van der Waals surface area contributed by atoms with Gasteiger partial charge in [-0.15, -0.1) is 0 Å². The number of benzene rings is 1. The maximum atomic E-state index is 12.3. The molecule has 2 unspecified atom stereocenters. The van der Waals surface area contributed by atoms with Crippen molar-refractivity contribution in [2.45, 2.75) is 89.7 Å². The van der Waals surface area contributed by atoms with Crippen molar-refractivity contribution in [1.82, 2.24) is 10.6 Å². The van der Waals surface area contributed by atoms with Crippen LogP contribution in [0.1, 0.15) is 58.4 Å². The van der Waals surface area contributed by atoms with E-state index in [0.717, 1.165) is 5.56 Å². The Labute approximate surface area is 250 Å². The maximum Gasteiger partial charge on any atom is 0.224 e. The average Bonchev–Trinajstić information content (AvgIpc) is 2.91. The monoisotopic (exact) mass is 602 g/mol. The van der Waals surface area contributed by atoms with E-state index in [0.29, 0.717) is 17.9 Å². The Kier molecular flexibility index (Phi) is 13.8. The van der Waals surface area contributed by atoms with Gasteiger partial charge in [-0.25, -0.2) is 4.99 Å². The minimum atomic E-state index is -1.52. The van der Waals surface area contributed by atoms with Gasteiger partial charge in [-0.2, -0.15) is 0 Å². The third kappa shape index (κ3) is 12.6. The summed E-state index contributed by atoms with van der Waals surface area (Å²) in [5.74, 6) is -1.26. The van der Waals surface area contributed by atoms with Crippen LogP contribution in [0.15, 0.2) is 41.1 Å². The van der Waals surface area contributed by atoms with Gasteiger partial charge in [0.25, 0.3) is 0 Å². The molecule has 1 heterocycles. The molecule has 43 heavy (non-hydrogen) atoms. The van der Waals surface area contributed by atoms with Gasteiger partial charge in [-0.05, 0) is 50.5 Å². The fourth-order valence-electron chi connectivity index (χ4n) is 4.52. The fraction of sp³-hybridized carbons (Fsp3) is 0.517. The number of hydrogen-bond donors (Lipinski definition) is 7. The van der Waals surface area contributed by atoms with Crippen LogP contribution in [0, 0.1) is 0 Å². The van der Waals surface area contributed by atoms with Crippen LogP contribution in [0.4, 0.5) is 5.69 Å². The van der Waals surface area contributed by atoms with E-state index in [1.54, 1.807) is 37.3 Å². The second-order valence-electron chi connectivity index (χ2n) is 10.5. The van der Waals surface area contributed by atoms with E-state index < -0.39 is 42.2 Å². The predicted octanol–water partition coefficient (Wildman–Crippen LogP) is -0.436. The smallest absolute Gasteiger partial charge is 0.224 e. The van der Waals surface area contributed by atoms with Crippen LogP contribution >= 0.6 is 0 Å². The largest absolute Gasteiger partial charge is 0.490 e. The second-order valence-corrected chi connectivity index (χ2v) is 10.5. The molecule has 236 valence electrons. The number of ketones is 2. The number of carbonyl (C=O) groups excluding carboxylic acids is 5. The lowest BCUT2D eigenvalue weighted by Gasteiger charge is -2.39. The highest BCUT2D eigenvalue weighted by atomic mass is 16.5. The number of ether oxygens (including phenoxy) is 1. The molecular weight excluding hydrogens is 560 g/mol. The third-order valence-corrected chi connectivity index (χ3v) is 6.54. The van der Waals surface area contributed by atoms with Crippen molar-refractivity contribution in [2.75, 3.05) is 11.9 Å². The number of rotatable bonds is 16. The first-order valence-electron chi connectivity index (χ1n) is 14.0. The topological polar surface area (TPSA) is 236 Å². The lowest BCUT2D eigenvalue weighted by Crippen LogP contribution is -2.60. The number of aryl methyl sites for hydroxylation is 1. The number of aliphatic hydroxyl groups excluding tert-OH is 2. The van der Waals surface area contributed by atoms with Crippen LogP contribution in [-0.4, -0.2) is 82.4 Å². The number of nitrogens with two attached hydrogens (primary N) is 2. The number of nitrogens with one attached hydrogen (secondary N) is 3. The standard InChI is InChI=1S/C29H42N6O8/c1-16(36)13-21(38)12-9-19-7-10-20(11-8-19)34-25(41)6-4-5-24(40)32-15-23(39)27(42)28-26(33-18(3)37)22(35-29(30)31)14-17(2)43-28/h7-8,10-11,14,22-23,26-28,39,42H,4-6,9,12-13,15H2,1-3H3,(H,32,40)(H,33,37)(H,34,41)(H4,30,31,35)/t22-,23+,26+,27?,28?/m0/s1. The van der Waals surface area contributed by atoms with Gasteiger partial charge in [0.15, 0.2) is 5.96 Å². The molecule has 14 heteroatoms. The number of amides is 3. The molecule has 1 aromatic rings. The molecule has 1 aliphatic rings. The molecule has 0 bridgehead atoms. The van der Waals surface area contributed by atoms with E-state index in [4.69, 9.17) is 16.2 Å². The van der Waals surface area contributed by atoms with Crippen LogP contribution in [-0.2, 0) is 35.1 Å². The highest BCUT2D eigenvalue weighted by Gasteiger charge is 2.41. The molecule has 9 N–H and O–H groups in total. The fourth-order valence-corrected chi connectivity index (χ4v) is 4.52. The Balaban J connectivity index is 1.78. The minimum absolute atomic E-state index is 0.00627. The summed E-state index contributed by atoms with van der Waals surface area (Å²) in [6.07, 6.45) is -1.47. The van der Waals surface area contributed by atoms with Gasteiger partial charge in [0.2, 0.25) is 17.7 Å². The zero-order chi connectivity index (χ0) is 32.1. The number of hydrogen-bond acceptors (Lipinski definition) is 9. The van der Waals surface area contributed by atoms with E-state index in [2.05, 4.69) is 20.9 Å². The summed E-state index contributed by atoms with van der Waals surface area (Å²) in [6.45, 7) is 3.97. The van der Waals surface area contributed by atoms with Gasteiger partial charge in [-0.1, -0.05) is 12.1 Å². The Morgan fingerprint density at radius 3 is 2.26 bits per heavy atom. The summed E-state index contributed by atoms with van der Waals surface area (Å²) in [4.78, 5) is 63.1. The van der Waals surface area contributed by atoms with Crippen molar-refractivity contribution >= 4 is 40.9 Å². The molecule has 0 aromatic heterocycles. The predicted molar refractivity (Wildman–Crippen MR) is 158 cm³/mol. The summed E-state index contributed by atoms with van der Waals surface area (Å²) >= 11 is 0. The van der Waals surface area contributed by atoms with Crippen molar-refractivity contribution in [3.05, 3.63) is 41.7 Å². The number of guanidine groups is 1. The van der Waals surface area contributed by atoms with E-state index in [1.807, 2.05) is 0 Å². The van der Waals surface area contributed by atoms with E-state index in [9.17, 15) is 34.2 Å². The van der Waals surface area contributed by atoms with Gasteiger partial charge in [0.1, 0.15) is 29.9 Å². The van der Waals surface area contributed by atoms with Crippen molar-refractivity contribution < 1.29 is 38.9 Å². The molecule has 0 spiro atoms. The number of aliphatic hydroxyl groups is 2. The van der Waals surface area contributed by atoms with Crippen LogP contribution in [0.3, 0.4) is 0 Å². The molecule has 0 saturated heterocycles. The van der Waals surface area contributed by atoms with Crippen molar-refractivity contribution in [3.8, 4) is 0 Å². The highest BCUT2D eigenvalue weighted by molar-refractivity contribution is 5.98. The zero-order valence-electron chi connectivity index (χ0n) is 24.7. The Morgan fingerprint density at radius 2 is 1.65 bits per heavy atom. The lowest BCUT2D eigenvalue weighted by molar-refractivity contribution is -0.127. The van der Waals surface area contributed by atoms with Crippen LogP contribution in [0.2, 0.25) is 0 Å². The molecule has 0 saturated carbocycles. The van der Waals surface area contributed by atoms with E-state index in [-0.39, 0.29) is 62.1 Å². The number of nitrogens with zero attached hydrogens (tertiary/aromatic N) is 1. The number of anilines is 1. The van der Waals surface area contributed by atoms with Gasteiger partial charge in [0, 0.05) is 38.4 Å². The summed E-state index contributed by atoms with van der Waals surface area (Å²) in [6, 6.07) is 5.37. The first-order valence-corrected chi connectivity index (χ1v) is 14.0. The Morgan fingerprint density at radius 1 is 1.00 bits per heavy atom. The third-order valence-electron chi connectivity index (χ3n) is 6.54. The zero-order valence-corrected chi connectivity index (χ0v) is 24.7. The normalized spacial score (nSPS) is 19.1. The summed E-state index contributed by atoms with van der Waals surface area (Å²) in [7, 11) is 0. The number of allylic oxidation sites excluding steroid dienone is 1. The Bertz CT molecular complexity index is 1210. The molecular formula is C29H42N6O8. The summed E-state index contributed by atoms with van der Waals surface area (Å²) < 4.78 is 5.69. The molecule has 2 rings (SSSR count). The molecule has 0 radical (unpaired) electrons. The van der Waals surface area contributed by atoms with Crippen LogP contribution in [0.5, 0.6) is 0 Å². The Hall–Kier alpha value is -4.30. The average molecular weight is 603 g/mol. The first-order chi connectivity index (χ1) is 20.2. The molecule has 0 fully saturated rings. The van der Waals surface area contributed by atoms with Crippen LogP contribution in [0.25, 0.3) is 0 Å². The number of carbonyl (C=O) groups is 5. The second kappa shape index (κ2) is 17.0. The van der Waals surface area contributed by atoms with Crippen molar-refractivity contribution in [3.63, 3.8) is 0 Å². The molecule has 3 amide bonds. The van der Waals surface area contributed by atoms with E-state index >= 15 is 0 Å². The number of Topliss-reactive ketones (excluding diaryl/α,β-unsaturated/α-hetero) is 2. The molecule has 0 aliphatic carbocycles. The molecule has 1 aromatic carbocycles. The number of aliphatic imine (C=N–C) groups is 1. The van der Waals surface area contributed by atoms with Crippen LogP contribution < -0.4 is 27.4 Å². The quantitative estimate of drug-likeness (QED) is 0.0732. The van der Waals surface area contributed by atoms with Gasteiger partial charge >= 0.3 is 0 Å². The van der Waals surface area contributed by atoms with Gasteiger partial charge in [-0.3, -0.25) is 24.0 Å². The van der Waals surface area contributed by atoms with Crippen molar-refractivity contribution in [2.24, 2.45) is 16.5 Å². The molecule has 14 nitrogen and oxygen atoms in total. The lowest BCUT2D eigenvalue weighted by atomic mass is 9.92. The summed E-state index contributed by atoms with van der Waals surface area (Å²) in [5.41, 5.74) is 12.5. The highest BCUT2D eigenvalue weighted by Crippen LogP contribution is 2.24. The SMILES string of the molecule is CC(=O)CC(=O)CCc1ccc(NC(=O)CCCC(=O)NC[C@@H](O)C(O)C2OC(C)=C[C@H](N=C(N)N)[C@H]2NC(C)=O)cc1. The first kappa shape index (κ1) is 34.9. The summed E-state index contributed by atoms with van der Waals surface area (Å²) in [5, 5.41) is 29.3. The van der Waals surface area contributed by atoms with Gasteiger partial charge in [0.05, 0.1) is 24.3 Å². The maximum absolute atomic E-state index is 12.3. The van der Waals surface area contributed by atoms with Crippen molar-refractivity contribution in [1.29, 1.82) is 0 Å². The van der Waals surface area contributed by atoms with Gasteiger partial charge < -0.3 is 42.4 Å². The molecule has 1 aliphatic heterocycles. The van der Waals surface area contributed by atoms with E-state index in [1.165, 1.54) is 13.8 Å².